The van der Waals surface area contributed by atoms with Crippen molar-refractivity contribution < 1.29 is 14.1 Å². The zero-order chi connectivity index (χ0) is 20.5. The number of nitro benzene ring substituents is 1. The van der Waals surface area contributed by atoms with Crippen molar-refractivity contribution in [1.82, 2.24) is 9.97 Å². The molecule has 1 N–H and O–H groups in total. The Balaban J connectivity index is 1.59. The quantitative estimate of drug-likeness (QED) is 0.339. The molecule has 0 atom stereocenters. The molecule has 9 heteroatoms. The van der Waals surface area contributed by atoms with Gasteiger partial charge < -0.3 is 9.73 Å². The van der Waals surface area contributed by atoms with Crippen LogP contribution in [0.3, 0.4) is 0 Å². The van der Waals surface area contributed by atoms with Crippen molar-refractivity contribution in [3.8, 4) is 11.5 Å². The Morgan fingerprint density at radius 3 is 2.72 bits per heavy atom. The Hall–Kier alpha value is -3.59. The lowest BCUT2D eigenvalue weighted by Gasteiger charge is -2.06. The number of anilines is 1. The second-order valence-corrected chi connectivity index (χ2v) is 7.22. The van der Waals surface area contributed by atoms with Crippen LogP contribution in [0.1, 0.15) is 15.9 Å². The number of aryl methyl sites for hydroxylation is 1. The van der Waals surface area contributed by atoms with Crippen LogP contribution in [0, 0.1) is 17.0 Å². The number of halogens is 1. The monoisotopic (exact) mass is 452 g/mol. The minimum absolute atomic E-state index is 0.0277. The number of oxazole rings is 1. The van der Waals surface area contributed by atoms with E-state index in [4.69, 9.17) is 4.42 Å². The fourth-order valence-electron chi connectivity index (χ4n) is 2.86. The predicted octanol–water partition coefficient (Wildman–Crippen LogP) is 5.12. The summed E-state index contributed by atoms with van der Waals surface area (Å²) in [5.41, 5.74) is 3.13. The lowest BCUT2D eigenvalue weighted by atomic mass is 10.1. The molecule has 0 radical (unpaired) electrons. The Labute approximate surface area is 172 Å². The van der Waals surface area contributed by atoms with Crippen LogP contribution in [0.25, 0.3) is 22.6 Å². The van der Waals surface area contributed by atoms with E-state index in [0.717, 1.165) is 10.0 Å². The second kappa shape index (κ2) is 7.44. The highest BCUT2D eigenvalue weighted by Crippen LogP contribution is 2.27. The van der Waals surface area contributed by atoms with E-state index in [1.807, 2.05) is 6.07 Å². The molecule has 4 rings (SSSR count). The lowest BCUT2D eigenvalue weighted by Crippen LogP contribution is -2.12. The number of rotatable bonds is 4. The minimum atomic E-state index is -0.478. The van der Waals surface area contributed by atoms with E-state index < -0.39 is 4.92 Å². The van der Waals surface area contributed by atoms with E-state index in [9.17, 15) is 14.9 Å². The van der Waals surface area contributed by atoms with Gasteiger partial charge in [-0.3, -0.25) is 19.9 Å². The zero-order valence-corrected chi connectivity index (χ0v) is 16.6. The Morgan fingerprint density at radius 2 is 2.00 bits per heavy atom. The third kappa shape index (κ3) is 3.85. The van der Waals surface area contributed by atoms with E-state index in [1.165, 1.54) is 18.2 Å². The fraction of sp³-hybridized carbons (Fsp3) is 0.0500. The van der Waals surface area contributed by atoms with Crippen molar-refractivity contribution in [2.24, 2.45) is 0 Å². The number of aromatic nitrogens is 2. The van der Waals surface area contributed by atoms with Gasteiger partial charge in [-0.25, -0.2) is 4.98 Å². The van der Waals surface area contributed by atoms with Gasteiger partial charge in [-0.15, -0.1) is 0 Å². The molecule has 0 bridgehead atoms. The number of amides is 1. The molecule has 0 fully saturated rings. The van der Waals surface area contributed by atoms with E-state index in [1.54, 1.807) is 37.5 Å². The molecule has 8 nitrogen and oxygen atoms in total. The van der Waals surface area contributed by atoms with Crippen LogP contribution in [-0.4, -0.2) is 20.8 Å². The number of nitrogens with zero attached hydrogens (tertiary/aromatic N) is 3. The van der Waals surface area contributed by atoms with Gasteiger partial charge in [-0.05, 0) is 59.3 Å². The first kappa shape index (κ1) is 18.8. The van der Waals surface area contributed by atoms with Gasteiger partial charge in [0.15, 0.2) is 5.58 Å². The molecule has 0 aliphatic carbocycles. The largest absolute Gasteiger partial charge is 0.436 e. The average Bonchev–Trinajstić information content (AvgIpc) is 3.11. The highest BCUT2D eigenvalue weighted by atomic mass is 79.9. The molecule has 4 aromatic rings. The van der Waals surface area contributed by atoms with Crippen LogP contribution in [0.2, 0.25) is 0 Å². The lowest BCUT2D eigenvalue weighted by molar-refractivity contribution is -0.385. The molecule has 0 aliphatic heterocycles. The third-order valence-corrected chi connectivity index (χ3v) is 4.69. The number of nitrogens with one attached hydrogen (secondary N) is 1. The van der Waals surface area contributed by atoms with Crippen molar-refractivity contribution in [3.05, 3.63) is 80.6 Å². The summed E-state index contributed by atoms with van der Waals surface area (Å²) in [6.07, 6.45) is 3.31. The van der Waals surface area contributed by atoms with Gasteiger partial charge >= 0.3 is 0 Å². The summed E-state index contributed by atoms with van der Waals surface area (Å²) in [7, 11) is 0. The van der Waals surface area contributed by atoms with Crippen molar-refractivity contribution in [1.29, 1.82) is 0 Å². The maximum atomic E-state index is 12.5. The van der Waals surface area contributed by atoms with Gasteiger partial charge in [-0.1, -0.05) is 0 Å². The van der Waals surface area contributed by atoms with Gasteiger partial charge in [-0.2, -0.15) is 0 Å². The van der Waals surface area contributed by atoms with Crippen LogP contribution < -0.4 is 5.32 Å². The van der Waals surface area contributed by atoms with Gasteiger partial charge in [0.05, 0.1) is 10.5 Å². The van der Waals surface area contributed by atoms with Crippen LogP contribution in [0.5, 0.6) is 0 Å². The molecule has 29 heavy (non-hydrogen) atoms. The molecule has 0 saturated heterocycles. The fourth-order valence-corrected chi connectivity index (χ4v) is 3.23. The summed E-state index contributed by atoms with van der Waals surface area (Å²) in [4.78, 5) is 31.5. The SMILES string of the molecule is Cc1cc(C(=O)Nc2ccc3oc(-c4cncc(Br)c4)nc3c2)ccc1[N+](=O)[O-]. The zero-order valence-electron chi connectivity index (χ0n) is 15.0. The standard InChI is InChI=1S/C20H13BrN4O4/c1-11-6-12(2-4-17(11)25(27)28)19(26)23-15-3-5-18-16(8-15)24-20(29-18)13-7-14(21)10-22-9-13/h2-10H,1H3,(H,23,26). The maximum Gasteiger partial charge on any atom is 0.272 e. The Bertz CT molecular complexity index is 1270. The normalized spacial score (nSPS) is 10.8. The summed E-state index contributed by atoms with van der Waals surface area (Å²) in [6.45, 7) is 1.59. The highest BCUT2D eigenvalue weighted by Gasteiger charge is 2.15. The molecular formula is C20H13BrN4O4. The smallest absolute Gasteiger partial charge is 0.272 e. The van der Waals surface area contributed by atoms with Gasteiger partial charge in [0, 0.05) is 39.7 Å². The number of nitro groups is 1. The van der Waals surface area contributed by atoms with Gasteiger partial charge in [0.1, 0.15) is 5.52 Å². The van der Waals surface area contributed by atoms with Crippen LogP contribution >= 0.6 is 15.9 Å². The Kier molecular flexibility index (Phi) is 4.81. The number of benzene rings is 2. The molecule has 0 spiro atoms. The number of hydrogen-bond donors (Lipinski definition) is 1. The minimum Gasteiger partial charge on any atom is -0.436 e. The summed E-state index contributed by atoms with van der Waals surface area (Å²) in [6, 6.07) is 11.2. The summed E-state index contributed by atoms with van der Waals surface area (Å²) < 4.78 is 6.57. The van der Waals surface area contributed by atoms with Gasteiger partial charge in [0.25, 0.3) is 11.6 Å². The molecule has 0 saturated carbocycles. The second-order valence-electron chi connectivity index (χ2n) is 6.31. The molecule has 0 aliphatic rings. The first-order chi connectivity index (χ1) is 13.9. The molecule has 1 amide bonds. The van der Waals surface area contributed by atoms with Crippen LogP contribution in [-0.2, 0) is 0 Å². The van der Waals surface area contributed by atoms with Crippen LogP contribution in [0.15, 0.2) is 63.7 Å². The van der Waals surface area contributed by atoms with Crippen LogP contribution in [0.4, 0.5) is 11.4 Å². The van der Waals surface area contributed by atoms with E-state index >= 15 is 0 Å². The van der Waals surface area contributed by atoms with E-state index in [2.05, 4.69) is 31.2 Å². The van der Waals surface area contributed by atoms with Crippen molar-refractivity contribution in [3.63, 3.8) is 0 Å². The molecule has 144 valence electrons. The maximum absolute atomic E-state index is 12.5. The van der Waals surface area contributed by atoms with Crippen molar-refractivity contribution in [2.75, 3.05) is 5.32 Å². The van der Waals surface area contributed by atoms with E-state index in [0.29, 0.717) is 33.8 Å². The first-order valence-electron chi connectivity index (χ1n) is 8.48. The van der Waals surface area contributed by atoms with E-state index in [-0.39, 0.29) is 11.6 Å². The topological polar surface area (TPSA) is 111 Å². The first-order valence-corrected chi connectivity index (χ1v) is 9.28. The summed E-state index contributed by atoms with van der Waals surface area (Å²) in [5, 5.41) is 13.7. The number of fused-ring (bicyclic) bond motifs is 1. The highest BCUT2D eigenvalue weighted by molar-refractivity contribution is 9.10. The number of pyridine rings is 1. The van der Waals surface area contributed by atoms with Crippen molar-refractivity contribution in [2.45, 2.75) is 6.92 Å². The third-order valence-electron chi connectivity index (χ3n) is 4.25. The summed E-state index contributed by atoms with van der Waals surface area (Å²) in [5.74, 6) is 0.0468. The number of carbonyl (C=O) groups excluding carboxylic acids is 1. The number of hydrogen-bond acceptors (Lipinski definition) is 6. The number of carbonyl (C=O) groups is 1. The Morgan fingerprint density at radius 1 is 1.17 bits per heavy atom. The summed E-state index contributed by atoms with van der Waals surface area (Å²) >= 11 is 3.36. The predicted molar refractivity (Wildman–Crippen MR) is 111 cm³/mol. The molecule has 2 aromatic carbocycles. The molecular weight excluding hydrogens is 440 g/mol. The average molecular weight is 453 g/mol. The van der Waals surface area contributed by atoms with Crippen molar-refractivity contribution >= 4 is 44.3 Å². The molecule has 0 unspecified atom stereocenters. The molecule has 2 heterocycles. The van der Waals surface area contributed by atoms with Gasteiger partial charge in [0.2, 0.25) is 5.89 Å². The molecule has 2 aromatic heterocycles.